The summed E-state index contributed by atoms with van der Waals surface area (Å²) in [5.74, 6) is 1.64. The van der Waals surface area contributed by atoms with Gasteiger partial charge in [-0.05, 0) is 31.0 Å². The molecule has 0 saturated heterocycles. The van der Waals surface area contributed by atoms with E-state index in [1.54, 1.807) is 0 Å². The molecule has 1 heterocycles. The van der Waals surface area contributed by atoms with E-state index in [4.69, 9.17) is 5.73 Å². The van der Waals surface area contributed by atoms with Gasteiger partial charge in [-0.3, -0.25) is 0 Å². The molecule has 0 aliphatic heterocycles. The predicted molar refractivity (Wildman–Crippen MR) is 60.3 cm³/mol. The van der Waals surface area contributed by atoms with Gasteiger partial charge >= 0.3 is 0 Å². The van der Waals surface area contributed by atoms with Crippen molar-refractivity contribution < 1.29 is 0 Å². The molecule has 14 heavy (non-hydrogen) atoms. The molecule has 0 fully saturated rings. The van der Waals surface area contributed by atoms with E-state index in [2.05, 4.69) is 23.9 Å². The third-order valence-corrected chi connectivity index (χ3v) is 2.29. The Kier molecular flexibility index (Phi) is 4.40. The summed E-state index contributed by atoms with van der Waals surface area (Å²) in [5.41, 5.74) is 5.51. The first-order valence-corrected chi connectivity index (χ1v) is 5.06. The quantitative estimate of drug-likeness (QED) is 0.770. The van der Waals surface area contributed by atoms with Crippen LogP contribution in [0.15, 0.2) is 24.4 Å². The lowest BCUT2D eigenvalue weighted by molar-refractivity contribution is 0.538. The van der Waals surface area contributed by atoms with Gasteiger partial charge in [0.2, 0.25) is 0 Å². The van der Waals surface area contributed by atoms with Crippen molar-refractivity contribution in [1.29, 1.82) is 0 Å². The number of pyridine rings is 1. The van der Waals surface area contributed by atoms with E-state index in [-0.39, 0.29) is 0 Å². The zero-order chi connectivity index (χ0) is 10.4. The molecule has 78 valence electrons. The van der Waals surface area contributed by atoms with Gasteiger partial charge in [0.15, 0.2) is 0 Å². The minimum Gasteiger partial charge on any atom is -0.359 e. The molecule has 0 aliphatic rings. The third kappa shape index (κ3) is 3.34. The highest BCUT2D eigenvalue weighted by Gasteiger charge is 2.06. The Hall–Kier alpha value is -1.09. The predicted octanol–water partition coefficient (Wildman–Crippen LogP) is 1.50. The van der Waals surface area contributed by atoms with Crippen LogP contribution in [0.3, 0.4) is 0 Å². The van der Waals surface area contributed by atoms with Gasteiger partial charge in [-0.15, -0.1) is 0 Å². The van der Waals surface area contributed by atoms with Crippen LogP contribution >= 0.6 is 0 Å². The molecular weight excluding hydrogens is 174 g/mol. The van der Waals surface area contributed by atoms with Crippen molar-refractivity contribution >= 4 is 5.82 Å². The molecule has 0 bridgehead atoms. The van der Waals surface area contributed by atoms with Gasteiger partial charge in [0.25, 0.3) is 0 Å². The smallest absolute Gasteiger partial charge is 0.128 e. The Bertz CT molecular complexity index is 248. The number of hydrogen-bond donors (Lipinski definition) is 1. The van der Waals surface area contributed by atoms with E-state index in [0.29, 0.717) is 5.92 Å². The van der Waals surface area contributed by atoms with E-state index in [1.165, 1.54) is 0 Å². The maximum absolute atomic E-state index is 5.51. The number of rotatable bonds is 5. The molecule has 0 aromatic carbocycles. The van der Waals surface area contributed by atoms with Crippen molar-refractivity contribution in [1.82, 2.24) is 4.98 Å². The lowest BCUT2D eigenvalue weighted by Gasteiger charge is -2.21. The maximum atomic E-state index is 5.51. The summed E-state index contributed by atoms with van der Waals surface area (Å²) in [6, 6.07) is 5.96. The average molecular weight is 193 g/mol. The van der Waals surface area contributed by atoms with E-state index < -0.39 is 0 Å². The zero-order valence-corrected chi connectivity index (χ0v) is 8.98. The summed E-state index contributed by atoms with van der Waals surface area (Å²) in [5, 5.41) is 0. The molecule has 1 atom stereocenters. The highest BCUT2D eigenvalue weighted by atomic mass is 15.2. The van der Waals surface area contributed by atoms with Crippen molar-refractivity contribution in [2.75, 3.05) is 25.0 Å². The standard InChI is InChI=1S/C11H19N3/c1-10(6-7-12)9-14(2)11-5-3-4-8-13-11/h3-5,8,10H,6-7,9,12H2,1-2H3. The van der Waals surface area contributed by atoms with Crippen molar-refractivity contribution in [2.45, 2.75) is 13.3 Å². The first-order valence-electron chi connectivity index (χ1n) is 5.06. The fourth-order valence-electron chi connectivity index (χ4n) is 1.52. The van der Waals surface area contributed by atoms with Gasteiger partial charge in [-0.25, -0.2) is 4.98 Å². The topological polar surface area (TPSA) is 42.1 Å². The molecule has 0 aliphatic carbocycles. The normalized spacial score (nSPS) is 12.5. The van der Waals surface area contributed by atoms with Gasteiger partial charge in [0, 0.05) is 19.8 Å². The van der Waals surface area contributed by atoms with Crippen LogP contribution in [-0.2, 0) is 0 Å². The number of nitrogens with zero attached hydrogens (tertiary/aromatic N) is 2. The Morgan fingerprint density at radius 1 is 1.50 bits per heavy atom. The Balaban J connectivity index is 2.46. The molecule has 3 nitrogen and oxygen atoms in total. The van der Waals surface area contributed by atoms with Crippen molar-refractivity contribution in [2.24, 2.45) is 11.7 Å². The van der Waals surface area contributed by atoms with Crippen LogP contribution in [0.4, 0.5) is 5.82 Å². The monoisotopic (exact) mass is 193 g/mol. The Labute approximate surface area is 85.9 Å². The molecule has 0 amide bonds. The largest absolute Gasteiger partial charge is 0.359 e. The molecule has 0 saturated carbocycles. The first kappa shape index (κ1) is 11.0. The van der Waals surface area contributed by atoms with Crippen molar-refractivity contribution in [3.63, 3.8) is 0 Å². The molecule has 1 aromatic heterocycles. The summed E-state index contributed by atoms with van der Waals surface area (Å²) in [6.45, 7) is 3.98. The molecule has 1 unspecified atom stereocenters. The van der Waals surface area contributed by atoms with E-state index in [9.17, 15) is 0 Å². The zero-order valence-electron chi connectivity index (χ0n) is 8.98. The van der Waals surface area contributed by atoms with Crippen LogP contribution in [0, 0.1) is 5.92 Å². The summed E-state index contributed by atoms with van der Waals surface area (Å²) in [6.07, 6.45) is 2.89. The van der Waals surface area contributed by atoms with Crippen LogP contribution < -0.4 is 10.6 Å². The highest BCUT2D eigenvalue weighted by molar-refractivity contribution is 5.36. The van der Waals surface area contributed by atoms with Gasteiger partial charge < -0.3 is 10.6 Å². The van der Waals surface area contributed by atoms with Crippen LogP contribution in [0.2, 0.25) is 0 Å². The Morgan fingerprint density at radius 2 is 2.29 bits per heavy atom. The first-order chi connectivity index (χ1) is 6.74. The number of nitrogens with two attached hydrogens (primary N) is 1. The fraction of sp³-hybridized carbons (Fsp3) is 0.545. The SMILES string of the molecule is CC(CCN)CN(C)c1ccccn1. The van der Waals surface area contributed by atoms with Crippen LogP contribution in [0.5, 0.6) is 0 Å². The van der Waals surface area contributed by atoms with E-state index in [0.717, 1.165) is 25.3 Å². The maximum Gasteiger partial charge on any atom is 0.128 e. The van der Waals surface area contributed by atoms with Gasteiger partial charge in [-0.1, -0.05) is 13.0 Å². The molecule has 1 aromatic rings. The minimum absolute atomic E-state index is 0.618. The van der Waals surface area contributed by atoms with Crippen LogP contribution in [-0.4, -0.2) is 25.1 Å². The molecule has 1 rings (SSSR count). The lowest BCUT2D eigenvalue weighted by Crippen LogP contribution is -2.25. The van der Waals surface area contributed by atoms with Gasteiger partial charge in [0.05, 0.1) is 0 Å². The van der Waals surface area contributed by atoms with Crippen molar-refractivity contribution in [3.8, 4) is 0 Å². The number of anilines is 1. The van der Waals surface area contributed by atoms with Gasteiger partial charge in [-0.2, -0.15) is 0 Å². The van der Waals surface area contributed by atoms with Crippen molar-refractivity contribution in [3.05, 3.63) is 24.4 Å². The van der Waals surface area contributed by atoms with E-state index >= 15 is 0 Å². The lowest BCUT2D eigenvalue weighted by atomic mass is 10.1. The second kappa shape index (κ2) is 5.60. The number of hydrogen-bond acceptors (Lipinski definition) is 3. The average Bonchev–Trinajstić information content (AvgIpc) is 2.19. The summed E-state index contributed by atoms with van der Waals surface area (Å²) < 4.78 is 0. The molecular formula is C11H19N3. The molecule has 0 spiro atoms. The fourth-order valence-corrected chi connectivity index (χ4v) is 1.52. The second-order valence-corrected chi connectivity index (χ2v) is 3.75. The van der Waals surface area contributed by atoms with Crippen LogP contribution in [0.1, 0.15) is 13.3 Å². The van der Waals surface area contributed by atoms with Gasteiger partial charge in [0.1, 0.15) is 5.82 Å². The second-order valence-electron chi connectivity index (χ2n) is 3.75. The van der Waals surface area contributed by atoms with E-state index in [1.807, 2.05) is 24.4 Å². The molecule has 0 radical (unpaired) electrons. The molecule has 2 N–H and O–H groups in total. The summed E-state index contributed by atoms with van der Waals surface area (Å²) in [7, 11) is 2.06. The number of aromatic nitrogens is 1. The Morgan fingerprint density at radius 3 is 2.86 bits per heavy atom. The third-order valence-electron chi connectivity index (χ3n) is 2.29. The highest BCUT2D eigenvalue weighted by Crippen LogP contribution is 2.10. The summed E-state index contributed by atoms with van der Waals surface area (Å²) >= 11 is 0. The summed E-state index contributed by atoms with van der Waals surface area (Å²) in [4.78, 5) is 6.45. The minimum atomic E-state index is 0.618. The molecule has 3 heteroatoms. The van der Waals surface area contributed by atoms with Crippen LogP contribution in [0.25, 0.3) is 0 Å².